The molecule has 2 aromatic rings. The Morgan fingerprint density at radius 2 is 1.73 bits per heavy atom. The fourth-order valence-electron chi connectivity index (χ4n) is 2.73. The number of hydrogen-bond donors (Lipinski definition) is 1. The summed E-state index contributed by atoms with van der Waals surface area (Å²) in [5.41, 5.74) is -0.160. The van der Waals surface area contributed by atoms with E-state index in [1.807, 2.05) is 0 Å². The fourth-order valence-corrected chi connectivity index (χ4v) is 3.34. The zero-order chi connectivity index (χ0) is 22.0. The van der Waals surface area contributed by atoms with Crippen LogP contribution in [-0.2, 0) is 9.59 Å². The standard InChI is InChI=1S/C19H13Cl2N3O6/c1-2-30-16-14(20)8-10(9-15(16)21)7-13-17(25)22-19(27)23(18(13)26)11-3-5-12(6-4-11)24(28)29/h3-9H,2H2,1H3,(H,22,25,27)/b13-7+. The van der Waals surface area contributed by atoms with E-state index in [0.29, 0.717) is 17.1 Å². The van der Waals surface area contributed by atoms with Crippen LogP contribution in [0.25, 0.3) is 6.08 Å². The number of anilines is 1. The lowest BCUT2D eigenvalue weighted by molar-refractivity contribution is -0.384. The van der Waals surface area contributed by atoms with Gasteiger partial charge < -0.3 is 4.74 Å². The second kappa shape index (κ2) is 8.52. The summed E-state index contributed by atoms with van der Waals surface area (Å²) in [4.78, 5) is 48.2. The number of nitro benzene ring substituents is 1. The second-order valence-corrected chi connectivity index (χ2v) is 6.79. The molecular weight excluding hydrogens is 437 g/mol. The van der Waals surface area contributed by atoms with Gasteiger partial charge in [-0.05, 0) is 42.8 Å². The van der Waals surface area contributed by atoms with Gasteiger partial charge in [0.2, 0.25) is 0 Å². The highest BCUT2D eigenvalue weighted by molar-refractivity contribution is 6.40. The monoisotopic (exact) mass is 449 g/mol. The van der Waals surface area contributed by atoms with Crippen molar-refractivity contribution in [2.75, 3.05) is 11.5 Å². The van der Waals surface area contributed by atoms with Crippen LogP contribution in [0, 0.1) is 10.1 Å². The lowest BCUT2D eigenvalue weighted by atomic mass is 10.1. The number of non-ortho nitro benzene ring substituents is 1. The summed E-state index contributed by atoms with van der Waals surface area (Å²) in [6, 6.07) is 6.68. The minimum atomic E-state index is -0.973. The Labute approximate surface area is 180 Å². The molecule has 4 amide bonds. The van der Waals surface area contributed by atoms with Crippen molar-refractivity contribution in [3.8, 4) is 5.75 Å². The third-order valence-electron chi connectivity index (χ3n) is 4.04. The smallest absolute Gasteiger partial charge is 0.335 e. The van der Waals surface area contributed by atoms with Crippen LogP contribution in [0.3, 0.4) is 0 Å². The summed E-state index contributed by atoms with van der Waals surface area (Å²) >= 11 is 12.3. The number of carbonyl (C=O) groups excluding carboxylic acids is 3. The summed E-state index contributed by atoms with van der Waals surface area (Å²) in [7, 11) is 0. The zero-order valence-electron chi connectivity index (χ0n) is 15.3. The molecule has 0 atom stereocenters. The van der Waals surface area contributed by atoms with Gasteiger partial charge in [0.25, 0.3) is 17.5 Å². The molecule has 1 N–H and O–H groups in total. The quantitative estimate of drug-likeness (QED) is 0.319. The highest BCUT2D eigenvalue weighted by Gasteiger charge is 2.37. The largest absolute Gasteiger partial charge is 0.491 e. The van der Waals surface area contributed by atoms with Gasteiger partial charge in [-0.15, -0.1) is 0 Å². The van der Waals surface area contributed by atoms with Gasteiger partial charge in [0, 0.05) is 12.1 Å². The van der Waals surface area contributed by atoms with Crippen LogP contribution < -0.4 is 15.0 Å². The SMILES string of the molecule is CCOc1c(Cl)cc(/C=C2\C(=O)NC(=O)N(c3ccc([N+](=O)[O-])cc3)C2=O)cc1Cl. The van der Waals surface area contributed by atoms with Gasteiger partial charge in [-0.3, -0.25) is 25.0 Å². The molecule has 11 heteroatoms. The van der Waals surface area contributed by atoms with Gasteiger partial charge in [0.15, 0.2) is 5.75 Å². The normalized spacial score (nSPS) is 15.4. The van der Waals surface area contributed by atoms with Gasteiger partial charge in [0.05, 0.1) is 27.3 Å². The number of rotatable bonds is 5. The minimum absolute atomic E-state index is 0.0595. The van der Waals surface area contributed by atoms with Crippen LogP contribution in [0.1, 0.15) is 12.5 Å². The Morgan fingerprint density at radius 3 is 2.27 bits per heavy atom. The Hall–Kier alpha value is -3.43. The molecule has 0 unspecified atom stereocenters. The number of urea groups is 1. The zero-order valence-corrected chi connectivity index (χ0v) is 16.9. The summed E-state index contributed by atoms with van der Waals surface area (Å²) in [6.07, 6.45) is 1.23. The average Bonchev–Trinajstić information content (AvgIpc) is 2.68. The van der Waals surface area contributed by atoms with Crippen LogP contribution in [0.4, 0.5) is 16.2 Å². The third-order valence-corrected chi connectivity index (χ3v) is 4.60. The number of nitrogens with one attached hydrogen (secondary N) is 1. The molecule has 0 aliphatic carbocycles. The highest BCUT2D eigenvalue weighted by atomic mass is 35.5. The van der Waals surface area contributed by atoms with E-state index in [-0.39, 0.29) is 32.7 Å². The first-order valence-corrected chi connectivity index (χ1v) is 9.26. The molecule has 154 valence electrons. The molecule has 1 aliphatic heterocycles. The molecule has 2 aromatic carbocycles. The number of imide groups is 2. The number of amides is 4. The Bertz CT molecular complexity index is 1070. The van der Waals surface area contributed by atoms with Crippen molar-refractivity contribution in [1.29, 1.82) is 0 Å². The highest BCUT2D eigenvalue weighted by Crippen LogP contribution is 2.35. The van der Waals surface area contributed by atoms with E-state index < -0.39 is 22.8 Å². The van der Waals surface area contributed by atoms with E-state index in [4.69, 9.17) is 27.9 Å². The number of nitro groups is 1. The molecule has 0 spiro atoms. The molecule has 0 saturated carbocycles. The Morgan fingerprint density at radius 1 is 1.13 bits per heavy atom. The van der Waals surface area contributed by atoms with E-state index in [0.717, 1.165) is 12.1 Å². The van der Waals surface area contributed by atoms with Gasteiger partial charge in [0.1, 0.15) is 5.57 Å². The fraction of sp³-hybridized carbons (Fsp3) is 0.105. The molecule has 1 saturated heterocycles. The van der Waals surface area contributed by atoms with Crippen molar-refractivity contribution in [2.45, 2.75) is 6.92 Å². The molecule has 1 aliphatic rings. The van der Waals surface area contributed by atoms with E-state index >= 15 is 0 Å². The van der Waals surface area contributed by atoms with Crippen molar-refractivity contribution in [3.05, 3.63) is 67.7 Å². The molecule has 1 fully saturated rings. The van der Waals surface area contributed by atoms with Crippen molar-refractivity contribution >= 4 is 58.5 Å². The maximum Gasteiger partial charge on any atom is 0.335 e. The average molecular weight is 450 g/mol. The Kier molecular flexibility index (Phi) is 6.04. The van der Waals surface area contributed by atoms with Crippen LogP contribution in [-0.4, -0.2) is 29.4 Å². The molecule has 3 rings (SSSR count). The van der Waals surface area contributed by atoms with Crippen LogP contribution in [0.5, 0.6) is 5.75 Å². The number of halogens is 2. The first kappa shape index (κ1) is 21.3. The number of hydrogen-bond acceptors (Lipinski definition) is 6. The predicted octanol–water partition coefficient (Wildman–Crippen LogP) is 3.97. The maximum absolute atomic E-state index is 12.9. The number of barbiturate groups is 1. The number of ether oxygens (including phenoxy) is 1. The molecule has 9 nitrogen and oxygen atoms in total. The van der Waals surface area contributed by atoms with Crippen LogP contribution >= 0.6 is 23.2 Å². The predicted molar refractivity (Wildman–Crippen MR) is 110 cm³/mol. The van der Waals surface area contributed by atoms with Crippen LogP contribution in [0.2, 0.25) is 10.0 Å². The van der Waals surface area contributed by atoms with Gasteiger partial charge >= 0.3 is 6.03 Å². The molecular formula is C19H13Cl2N3O6. The van der Waals surface area contributed by atoms with Crippen molar-refractivity contribution < 1.29 is 24.0 Å². The number of benzene rings is 2. The first-order valence-electron chi connectivity index (χ1n) is 8.50. The summed E-state index contributed by atoms with van der Waals surface area (Å²) in [5, 5.41) is 13.2. The molecule has 0 aromatic heterocycles. The van der Waals surface area contributed by atoms with E-state index in [1.165, 1.54) is 30.3 Å². The van der Waals surface area contributed by atoms with Crippen molar-refractivity contribution in [1.82, 2.24) is 5.32 Å². The maximum atomic E-state index is 12.9. The lowest BCUT2D eigenvalue weighted by Crippen LogP contribution is -2.54. The molecule has 1 heterocycles. The van der Waals surface area contributed by atoms with Crippen LogP contribution in [0.15, 0.2) is 42.0 Å². The molecule has 0 radical (unpaired) electrons. The summed E-state index contributed by atoms with van der Waals surface area (Å²) < 4.78 is 5.34. The lowest BCUT2D eigenvalue weighted by Gasteiger charge is -2.26. The summed E-state index contributed by atoms with van der Waals surface area (Å²) in [6.45, 7) is 2.10. The van der Waals surface area contributed by atoms with Crippen molar-refractivity contribution in [3.63, 3.8) is 0 Å². The minimum Gasteiger partial charge on any atom is -0.491 e. The number of nitrogens with zero attached hydrogens (tertiary/aromatic N) is 2. The van der Waals surface area contributed by atoms with Gasteiger partial charge in [-0.25, -0.2) is 9.69 Å². The second-order valence-electron chi connectivity index (χ2n) is 5.98. The van der Waals surface area contributed by atoms with Crippen molar-refractivity contribution in [2.24, 2.45) is 0 Å². The molecule has 30 heavy (non-hydrogen) atoms. The van der Waals surface area contributed by atoms with Gasteiger partial charge in [-0.2, -0.15) is 0 Å². The topological polar surface area (TPSA) is 119 Å². The first-order chi connectivity index (χ1) is 14.2. The van der Waals surface area contributed by atoms with E-state index in [1.54, 1.807) is 6.92 Å². The third kappa shape index (κ3) is 4.12. The van der Waals surface area contributed by atoms with E-state index in [9.17, 15) is 24.5 Å². The molecule has 0 bridgehead atoms. The van der Waals surface area contributed by atoms with Gasteiger partial charge in [-0.1, -0.05) is 23.2 Å². The summed E-state index contributed by atoms with van der Waals surface area (Å²) in [5.74, 6) is -1.53. The number of carbonyl (C=O) groups is 3. The van der Waals surface area contributed by atoms with E-state index in [2.05, 4.69) is 5.32 Å². The Balaban J connectivity index is 1.99.